The van der Waals surface area contributed by atoms with Crippen molar-refractivity contribution in [3.8, 4) is 11.4 Å². The molecule has 0 radical (unpaired) electrons. The number of para-hydroxylation sites is 2. The number of carbonyl (C=O) groups is 1. The summed E-state index contributed by atoms with van der Waals surface area (Å²) in [6, 6.07) is 14.0. The van der Waals surface area contributed by atoms with Gasteiger partial charge in [0.2, 0.25) is 5.43 Å². The number of aryl methyl sites for hydroxylation is 1. The molecule has 0 saturated carbocycles. The number of amides is 1. The highest BCUT2D eigenvalue weighted by Gasteiger charge is 2.22. The number of nitro benzene ring substituents is 1. The number of nitrogens with zero attached hydrogens (tertiary/aromatic N) is 4. The lowest BCUT2D eigenvalue weighted by atomic mass is 10.2. The molecule has 160 valence electrons. The second-order valence-electron chi connectivity index (χ2n) is 6.69. The maximum atomic E-state index is 12.8. The quantitative estimate of drug-likeness (QED) is 0.410. The van der Waals surface area contributed by atoms with Crippen molar-refractivity contribution < 1.29 is 14.5 Å². The fraction of sp³-hybridized carbons (Fsp3) is 0.190. The van der Waals surface area contributed by atoms with Crippen molar-refractivity contribution in [3.05, 3.63) is 91.3 Å². The third-order valence-corrected chi connectivity index (χ3v) is 4.69. The molecule has 0 fully saturated rings. The van der Waals surface area contributed by atoms with E-state index in [1.54, 1.807) is 37.3 Å². The van der Waals surface area contributed by atoms with Crippen LogP contribution in [0.25, 0.3) is 5.69 Å². The van der Waals surface area contributed by atoms with Gasteiger partial charge in [-0.3, -0.25) is 19.7 Å². The molecule has 0 saturated heterocycles. The average molecular weight is 443 g/mol. The SMILES string of the molecule is Cc1cc(=O)c(C(=O)N(C)CCOc2cccc(Cl)c2)nn1-c1ccccc1[N+](=O)[O-]. The summed E-state index contributed by atoms with van der Waals surface area (Å²) in [7, 11) is 1.51. The highest BCUT2D eigenvalue weighted by molar-refractivity contribution is 6.30. The van der Waals surface area contributed by atoms with Gasteiger partial charge in [0.25, 0.3) is 11.6 Å². The number of hydrogen-bond acceptors (Lipinski definition) is 6. The first kappa shape index (κ1) is 22.0. The summed E-state index contributed by atoms with van der Waals surface area (Å²) in [5.74, 6) is -0.0624. The first-order valence-corrected chi connectivity index (χ1v) is 9.64. The summed E-state index contributed by atoms with van der Waals surface area (Å²) in [6.07, 6.45) is 0. The van der Waals surface area contributed by atoms with Crippen molar-refractivity contribution in [1.29, 1.82) is 0 Å². The van der Waals surface area contributed by atoms with Crippen LogP contribution in [0.2, 0.25) is 5.02 Å². The van der Waals surface area contributed by atoms with Crippen molar-refractivity contribution in [3.63, 3.8) is 0 Å². The number of hydrogen-bond donors (Lipinski definition) is 0. The zero-order chi connectivity index (χ0) is 22.5. The minimum atomic E-state index is -0.618. The zero-order valence-corrected chi connectivity index (χ0v) is 17.6. The summed E-state index contributed by atoms with van der Waals surface area (Å²) in [6.45, 7) is 1.94. The van der Waals surface area contributed by atoms with Gasteiger partial charge in [0, 0.05) is 29.9 Å². The molecule has 1 heterocycles. The predicted molar refractivity (Wildman–Crippen MR) is 115 cm³/mol. The lowest BCUT2D eigenvalue weighted by Crippen LogP contribution is -2.36. The fourth-order valence-corrected chi connectivity index (χ4v) is 3.06. The number of nitro groups is 1. The molecule has 0 aliphatic carbocycles. The van der Waals surface area contributed by atoms with Crippen LogP contribution in [0.15, 0.2) is 59.4 Å². The van der Waals surface area contributed by atoms with E-state index in [2.05, 4.69) is 5.10 Å². The Hall–Kier alpha value is -3.72. The molecular formula is C21H19ClN4O5. The summed E-state index contributed by atoms with van der Waals surface area (Å²) in [5.41, 5.74) is -0.578. The molecule has 0 spiro atoms. The van der Waals surface area contributed by atoms with Crippen LogP contribution >= 0.6 is 11.6 Å². The summed E-state index contributed by atoms with van der Waals surface area (Å²) in [5, 5.41) is 16.0. The lowest BCUT2D eigenvalue weighted by Gasteiger charge is -2.18. The molecule has 1 aromatic heterocycles. The molecule has 0 unspecified atom stereocenters. The number of halogens is 1. The highest BCUT2D eigenvalue weighted by atomic mass is 35.5. The largest absolute Gasteiger partial charge is 0.492 e. The lowest BCUT2D eigenvalue weighted by molar-refractivity contribution is -0.384. The van der Waals surface area contributed by atoms with Crippen LogP contribution in [0, 0.1) is 17.0 Å². The van der Waals surface area contributed by atoms with Crippen molar-refractivity contribution in [2.45, 2.75) is 6.92 Å². The van der Waals surface area contributed by atoms with Gasteiger partial charge in [-0.25, -0.2) is 4.68 Å². The average Bonchev–Trinajstić information content (AvgIpc) is 2.73. The smallest absolute Gasteiger partial charge is 0.294 e. The van der Waals surface area contributed by atoms with Gasteiger partial charge in [0.15, 0.2) is 5.69 Å². The van der Waals surface area contributed by atoms with Gasteiger partial charge in [-0.1, -0.05) is 29.8 Å². The normalized spacial score (nSPS) is 10.5. The van der Waals surface area contributed by atoms with Crippen molar-refractivity contribution >= 4 is 23.2 Å². The van der Waals surface area contributed by atoms with Crippen LogP contribution in [-0.4, -0.2) is 45.7 Å². The van der Waals surface area contributed by atoms with Crippen LogP contribution in [0.1, 0.15) is 16.2 Å². The number of rotatable bonds is 7. The Bertz CT molecular complexity index is 1190. The summed E-state index contributed by atoms with van der Waals surface area (Å²) < 4.78 is 6.80. The van der Waals surface area contributed by atoms with E-state index in [0.29, 0.717) is 16.5 Å². The zero-order valence-electron chi connectivity index (χ0n) is 16.8. The number of likely N-dealkylation sites (N-methyl/N-ethyl adjacent to an activating group) is 1. The molecule has 9 nitrogen and oxygen atoms in total. The monoisotopic (exact) mass is 442 g/mol. The molecule has 0 bridgehead atoms. The van der Waals surface area contributed by atoms with Gasteiger partial charge in [-0.05, 0) is 31.2 Å². The van der Waals surface area contributed by atoms with Gasteiger partial charge in [0.05, 0.1) is 11.5 Å². The third-order valence-electron chi connectivity index (χ3n) is 4.45. The molecule has 0 atom stereocenters. The molecule has 31 heavy (non-hydrogen) atoms. The maximum Gasteiger partial charge on any atom is 0.294 e. The minimum Gasteiger partial charge on any atom is -0.492 e. The van der Waals surface area contributed by atoms with E-state index in [-0.39, 0.29) is 30.2 Å². The number of ether oxygens (including phenoxy) is 1. The molecule has 0 aliphatic heterocycles. The molecule has 3 rings (SSSR count). The minimum absolute atomic E-state index is 0.158. The van der Waals surface area contributed by atoms with Crippen molar-refractivity contribution in [1.82, 2.24) is 14.7 Å². The van der Waals surface area contributed by atoms with Crippen LogP contribution in [-0.2, 0) is 0 Å². The molecule has 10 heteroatoms. The highest BCUT2D eigenvalue weighted by Crippen LogP contribution is 2.22. The Kier molecular flexibility index (Phi) is 6.66. The van der Waals surface area contributed by atoms with Crippen molar-refractivity contribution in [2.24, 2.45) is 0 Å². The van der Waals surface area contributed by atoms with Crippen LogP contribution in [0.5, 0.6) is 5.75 Å². The molecule has 2 aromatic carbocycles. The van der Waals surface area contributed by atoms with Gasteiger partial charge >= 0.3 is 0 Å². The Morgan fingerprint density at radius 2 is 1.97 bits per heavy atom. The first-order chi connectivity index (χ1) is 14.8. The molecule has 3 aromatic rings. The Balaban J connectivity index is 1.82. The fourth-order valence-electron chi connectivity index (χ4n) is 2.88. The van der Waals surface area contributed by atoms with Gasteiger partial charge in [-0.15, -0.1) is 0 Å². The van der Waals surface area contributed by atoms with Gasteiger partial charge < -0.3 is 9.64 Å². The first-order valence-electron chi connectivity index (χ1n) is 9.26. The van der Waals surface area contributed by atoms with E-state index in [9.17, 15) is 19.7 Å². The van der Waals surface area contributed by atoms with E-state index < -0.39 is 16.3 Å². The number of aromatic nitrogens is 2. The summed E-state index contributed by atoms with van der Waals surface area (Å²) >= 11 is 5.91. The van der Waals surface area contributed by atoms with Gasteiger partial charge in [-0.2, -0.15) is 5.10 Å². The van der Waals surface area contributed by atoms with Gasteiger partial charge in [0.1, 0.15) is 18.0 Å². The van der Waals surface area contributed by atoms with Crippen LogP contribution < -0.4 is 10.2 Å². The topological polar surface area (TPSA) is 108 Å². The second kappa shape index (κ2) is 9.40. The van der Waals surface area contributed by atoms with Crippen LogP contribution in [0.4, 0.5) is 5.69 Å². The molecule has 1 amide bonds. The second-order valence-corrected chi connectivity index (χ2v) is 7.13. The summed E-state index contributed by atoms with van der Waals surface area (Å²) in [4.78, 5) is 37.3. The Morgan fingerprint density at radius 3 is 2.68 bits per heavy atom. The third kappa shape index (κ3) is 5.07. The van der Waals surface area contributed by atoms with E-state index in [4.69, 9.17) is 16.3 Å². The Labute approximate surface area is 182 Å². The van der Waals surface area contributed by atoms with Crippen molar-refractivity contribution in [2.75, 3.05) is 20.2 Å². The maximum absolute atomic E-state index is 12.8. The van der Waals surface area contributed by atoms with E-state index in [0.717, 1.165) is 0 Å². The molecular weight excluding hydrogens is 424 g/mol. The van der Waals surface area contributed by atoms with Crippen LogP contribution in [0.3, 0.4) is 0 Å². The van der Waals surface area contributed by atoms with E-state index in [1.807, 2.05) is 0 Å². The predicted octanol–water partition coefficient (Wildman–Crippen LogP) is 3.25. The number of benzene rings is 2. The molecule has 0 aliphatic rings. The number of carbonyl (C=O) groups excluding carboxylic acids is 1. The van der Waals surface area contributed by atoms with E-state index >= 15 is 0 Å². The standard InChI is InChI=1S/C21H19ClN4O5/c1-14-12-19(27)20(23-25(14)17-8-3-4-9-18(17)26(29)30)21(28)24(2)10-11-31-16-7-5-6-15(22)13-16/h3-9,12-13H,10-11H2,1-2H3. The molecule has 0 N–H and O–H groups in total. The Morgan fingerprint density at radius 1 is 1.23 bits per heavy atom. The van der Waals surface area contributed by atoms with E-state index in [1.165, 1.54) is 40.9 Å².